The molecule has 0 atom stereocenters. The second-order valence-electron chi connectivity index (χ2n) is 9.27. The molecule has 1 amide bonds. The highest BCUT2D eigenvalue weighted by Gasteiger charge is 2.32. The summed E-state index contributed by atoms with van der Waals surface area (Å²) in [4.78, 5) is 26.9. The highest BCUT2D eigenvalue weighted by atomic mass is 16.6. The standard InChI is InChI=1S/C26H35N5O2/c1-19-4-3-5-23(16-19)25(29-33-2)21-9-14-31(15-10-21)26(32)22-7-12-30(13-8-22)18-20-6-11-28-24(27)17-20/h3-6,11,16-17,21-22H,7-10,12-15,18H2,1-2H3,(H2,27,28)/b29-25-. The van der Waals surface area contributed by atoms with Crippen molar-refractivity contribution in [3.63, 3.8) is 0 Å². The van der Waals surface area contributed by atoms with Gasteiger partial charge in [-0.1, -0.05) is 35.0 Å². The van der Waals surface area contributed by atoms with E-state index in [0.717, 1.165) is 69.7 Å². The van der Waals surface area contributed by atoms with Crippen molar-refractivity contribution in [2.24, 2.45) is 17.0 Å². The fourth-order valence-electron chi connectivity index (χ4n) is 5.09. The van der Waals surface area contributed by atoms with Gasteiger partial charge >= 0.3 is 0 Å². The third-order valence-corrected chi connectivity index (χ3v) is 6.89. The molecule has 2 N–H and O–H groups in total. The molecule has 2 aliphatic heterocycles. The molecular formula is C26H35N5O2. The second kappa shape index (κ2) is 10.8. The van der Waals surface area contributed by atoms with Gasteiger partial charge in [0.15, 0.2) is 0 Å². The lowest BCUT2D eigenvalue weighted by atomic mass is 9.86. The Labute approximate surface area is 196 Å². The fraction of sp³-hybridized carbons (Fsp3) is 0.500. The average molecular weight is 450 g/mol. The lowest BCUT2D eigenvalue weighted by Gasteiger charge is -2.37. The van der Waals surface area contributed by atoms with E-state index in [2.05, 4.69) is 51.1 Å². The van der Waals surface area contributed by atoms with Crippen molar-refractivity contribution >= 4 is 17.4 Å². The summed E-state index contributed by atoms with van der Waals surface area (Å²) in [6, 6.07) is 12.3. The number of likely N-dealkylation sites (tertiary alicyclic amines) is 2. The number of nitrogen functional groups attached to an aromatic ring is 1. The van der Waals surface area contributed by atoms with Crippen LogP contribution in [0.1, 0.15) is 42.4 Å². The highest BCUT2D eigenvalue weighted by molar-refractivity contribution is 6.02. The van der Waals surface area contributed by atoms with Crippen molar-refractivity contribution < 1.29 is 9.63 Å². The number of hydrogen-bond donors (Lipinski definition) is 1. The Kier molecular flexibility index (Phi) is 7.60. The van der Waals surface area contributed by atoms with Gasteiger partial charge in [-0.3, -0.25) is 9.69 Å². The van der Waals surface area contributed by atoms with Crippen LogP contribution in [0.3, 0.4) is 0 Å². The van der Waals surface area contributed by atoms with Crippen LogP contribution >= 0.6 is 0 Å². The Balaban J connectivity index is 1.28. The molecular weight excluding hydrogens is 414 g/mol. The van der Waals surface area contributed by atoms with Crippen LogP contribution in [-0.4, -0.2) is 59.7 Å². The molecule has 7 heteroatoms. The number of benzene rings is 1. The quantitative estimate of drug-likeness (QED) is 0.539. The molecule has 0 spiro atoms. The van der Waals surface area contributed by atoms with E-state index in [4.69, 9.17) is 10.6 Å². The number of pyridine rings is 1. The number of rotatable bonds is 6. The molecule has 0 unspecified atom stereocenters. The van der Waals surface area contributed by atoms with E-state index in [9.17, 15) is 4.79 Å². The van der Waals surface area contributed by atoms with Gasteiger partial charge in [0.25, 0.3) is 0 Å². The van der Waals surface area contributed by atoms with Crippen LogP contribution in [0.4, 0.5) is 5.82 Å². The zero-order valence-corrected chi connectivity index (χ0v) is 19.7. The number of oxime groups is 1. The van der Waals surface area contributed by atoms with Crippen LogP contribution < -0.4 is 5.73 Å². The molecule has 2 aromatic rings. The molecule has 33 heavy (non-hydrogen) atoms. The largest absolute Gasteiger partial charge is 0.399 e. The van der Waals surface area contributed by atoms with Gasteiger partial charge in [0.2, 0.25) is 5.91 Å². The molecule has 176 valence electrons. The monoisotopic (exact) mass is 449 g/mol. The number of carbonyl (C=O) groups is 1. The molecule has 1 aromatic heterocycles. The predicted octanol–water partition coefficient (Wildman–Crippen LogP) is 3.47. The number of anilines is 1. The van der Waals surface area contributed by atoms with E-state index >= 15 is 0 Å². The van der Waals surface area contributed by atoms with Crippen LogP contribution in [0.25, 0.3) is 0 Å². The van der Waals surface area contributed by atoms with Gasteiger partial charge in [-0.05, 0) is 69.0 Å². The van der Waals surface area contributed by atoms with Crippen molar-refractivity contribution in [3.8, 4) is 0 Å². The number of aromatic nitrogens is 1. The second-order valence-corrected chi connectivity index (χ2v) is 9.27. The normalized spacial score (nSPS) is 19.0. The summed E-state index contributed by atoms with van der Waals surface area (Å²) in [6.45, 7) is 6.40. The van der Waals surface area contributed by atoms with Crippen molar-refractivity contribution in [1.29, 1.82) is 0 Å². The Morgan fingerprint density at radius 1 is 1.09 bits per heavy atom. The summed E-state index contributed by atoms with van der Waals surface area (Å²) in [6.07, 6.45) is 5.43. The maximum atomic E-state index is 13.2. The van der Waals surface area contributed by atoms with Crippen molar-refractivity contribution in [3.05, 3.63) is 59.3 Å². The molecule has 2 saturated heterocycles. The fourth-order valence-corrected chi connectivity index (χ4v) is 5.09. The van der Waals surface area contributed by atoms with Crippen LogP contribution in [0.15, 0.2) is 47.8 Å². The lowest BCUT2D eigenvalue weighted by molar-refractivity contribution is -0.138. The smallest absolute Gasteiger partial charge is 0.225 e. The van der Waals surface area contributed by atoms with E-state index in [0.29, 0.717) is 17.6 Å². The molecule has 4 rings (SSSR count). The van der Waals surface area contributed by atoms with Crippen LogP contribution in [-0.2, 0) is 16.2 Å². The Hall–Kier alpha value is -2.93. The number of hydrogen-bond acceptors (Lipinski definition) is 6. The first kappa shape index (κ1) is 23.2. The number of aryl methyl sites for hydroxylation is 1. The molecule has 0 saturated carbocycles. The Morgan fingerprint density at radius 3 is 2.48 bits per heavy atom. The molecule has 0 bridgehead atoms. The molecule has 7 nitrogen and oxygen atoms in total. The summed E-state index contributed by atoms with van der Waals surface area (Å²) in [7, 11) is 1.60. The van der Waals surface area contributed by atoms with Gasteiger partial charge in [0, 0.05) is 37.7 Å². The molecule has 0 aliphatic carbocycles. The van der Waals surface area contributed by atoms with Crippen LogP contribution in [0.2, 0.25) is 0 Å². The Morgan fingerprint density at radius 2 is 1.82 bits per heavy atom. The molecule has 2 aliphatic rings. The van der Waals surface area contributed by atoms with E-state index in [-0.39, 0.29) is 5.92 Å². The number of piperidine rings is 2. The predicted molar refractivity (Wildman–Crippen MR) is 131 cm³/mol. The summed E-state index contributed by atoms with van der Waals surface area (Å²) in [5.41, 5.74) is 10.3. The molecule has 0 radical (unpaired) electrons. The van der Waals surface area contributed by atoms with Crippen molar-refractivity contribution in [2.75, 3.05) is 39.0 Å². The van der Waals surface area contributed by atoms with E-state index < -0.39 is 0 Å². The Bertz CT molecular complexity index is 976. The van der Waals surface area contributed by atoms with Crippen LogP contribution in [0.5, 0.6) is 0 Å². The minimum absolute atomic E-state index is 0.129. The third-order valence-electron chi connectivity index (χ3n) is 6.89. The molecule has 3 heterocycles. The maximum absolute atomic E-state index is 13.2. The van der Waals surface area contributed by atoms with Gasteiger partial charge in [-0.2, -0.15) is 0 Å². The minimum atomic E-state index is 0.129. The first-order chi connectivity index (χ1) is 16.0. The van der Waals surface area contributed by atoms with Gasteiger partial charge in [0.05, 0.1) is 5.71 Å². The SMILES string of the molecule is CO/N=C(\c1cccc(C)c1)C1CCN(C(=O)C2CCN(Cc3ccnc(N)c3)CC2)CC1. The molecule has 1 aromatic carbocycles. The van der Waals surface area contributed by atoms with Crippen molar-refractivity contribution in [1.82, 2.24) is 14.8 Å². The summed E-state index contributed by atoms with van der Waals surface area (Å²) in [5.74, 6) is 1.32. The number of nitrogens with zero attached hydrogens (tertiary/aromatic N) is 4. The number of carbonyl (C=O) groups excluding carboxylic acids is 1. The average Bonchev–Trinajstić information content (AvgIpc) is 2.83. The van der Waals surface area contributed by atoms with E-state index in [1.807, 2.05) is 12.1 Å². The topological polar surface area (TPSA) is 84.0 Å². The zero-order valence-electron chi connectivity index (χ0n) is 19.7. The molecule has 2 fully saturated rings. The lowest BCUT2D eigenvalue weighted by Crippen LogP contribution is -2.46. The number of nitrogens with two attached hydrogens (primary N) is 1. The minimum Gasteiger partial charge on any atom is -0.399 e. The zero-order chi connectivity index (χ0) is 23.2. The number of amides is 1. The first-order valence-corrected chi connectivity index (χ1v) is 11.9. The first-order valence-electron chi connectivity index (χ1n) is 11.9. The van der Waals surface area contributed by atoms with Crippen LogP contribution in [0, 0.1) is 18.8 Å². The van der Waals surface area contributed by atoms with Crippen molar-refractivity contribution in [2.45, 2.75) is 39.2 Å². The van der Waals surface area contributed by atoms with Gasteiger partial charge in [0.1, 0.15) is 12.9 Å². The van der Waals surface area contributed by atoms with Gasteiger partial charge in [-0.25, -0.2) is 4.98 Å². The third kappa shape index (κ3) is 5.90. The van der Waals surface area contributed by atoms with Gasteiger partial charge in [-0.15, -0.1) is 0 Å². The maximum Gasteiger partial charge on any atom is 0.225 e. The highest BCUT2D eigenvalue weighted by Crippen LogP contribution is 2.27. The van der Waals surface area contributed by atoms with Gasteiger partial charge < -0.3 is 15.5 Å². The summed E-state index contributed by atoms with van der Waals surface area (Å²) in [5, 5.41) is 4.36. The van der Waals surface area contributed by atoms with E-state index in [1.165, 1.54) is 11.1 Å². The summed E-state index contributed by atoms with van der Waals surface area (Å²) < 4.78 is 0. The summed E-state index contributed by atoms with van der Waals surface area (Å²) >= 11 is 0. The van der Waals surface area contributed by atoms with E-state index in [1.54, 1.807) is 13.3 Å².